The molecule has 1 rings (SSSR count). The van der Waals surface area contributed by atoms with Gasteiger partial charge in [0.2, 0.25) is 5.91 Å². The molecule has 17 heavy (non-hydrogen) atoms. The van der Waals surface area contributed by atoms with Gasteiger partial charge in [-0.05, 0) is 31.2 Å². The van der Waals surface area contributed by atoms with E-state index in [0.29, 0.717) is 12.5 Å². The van der Waals surface area contributed by atoms with E-state index in [4.69, 9.17) is 0 Å². The second-order valence-electron chi connectivity index (χ2n) is 4.72. The number of rotatable bonds is 6. The van der Waals surface area contributed by atoms with E-state index in [1.807, 2.05) is 13.0 Å². The van der Waals surface area contributed by atoms with Crippen LogP contribution in [0.5, 0.6) is 0 Å². The van der Waals surface area contributed by atoms with Gasteiger partial charge in [0, 0.05) is 17.0 Å². The van der Waals surface area contributed by atoms with Crippen LogP contribution in [0.4, 0.5) is 0 Å². The topological polar surface area (TPSA) is 41.1 Å². The second kappa shape index (κ2) is 6.77. The Morgan fingerprint density at radius 1 is 1.35 bits per heavy atom. The van der Waals surface area contributed by atoms with E-state index >= 15 is 0 Å². The van der Waals surface area contributed by atoms with Crippen LogP contribution in [0.1, 0.15) is 38.6 Å². The van der Waals surface area contributed by atoms with Crippen molar-refractivity contribution in [3.8, 4) is 0 Å². The van der Waals surface area contributed by atoms with E-state index in [1.165, 1.54) is 4.88 Å². The summed E-state index contributed by atoms with van der Waals surface area (Å²) >= 11 is 1.71. The fourth-order valence-corrected chi connectivity index (χ4v) is 2.11. The number of carbonyl (C=O) groups is 1. The summed E-state index contributed by atoms with van der Waals surface area (Å²) in [6.45, 7) is 8.69. The molecular weight excluding hydrogens is 232 g/mol. The predicted octanol–water partition coefficient (Wildman–Crippen LogP) is 2.56. The summed E-state index contributed by atoms with van der Waals surface area (Å²) in [5, 5.41) is 8.26. The van der Waals surface area contributed by atoms with Crippen molar-refractivity contribution < 1.29 is 4.79 Å². The van der Waals surface area contributed by atoms with Crippen LogP contribution in [0.25, 0.3) is 0 Å². The molecule has 2 N–H and O–H groups in total. The third-order valence-corrected chi connectivity index (χ3v) is 3.98. The van der Waals surface area contributed by atoms with E-state index < -0.39 is 0 Å². The van der Waals surface area contributed by atoms with Gasteiger partial charge < -0.3 is 10.6 Å². The minimum Gasteiger partial charge on any atom is -0.352 e. The molecule has 0 aromatic carbocycles. The van der Waals surface area contributed by atoms with Crippen molar-refractivity contribution in [1.82, 2.24) is 10.6 Å². The molecule has 96 valence electrons. The van der Waals surface area contributed by atoms with Crippen LogP contribution in [0.15, 0.2) is 17.5 Å². The Bertz CT molecular complexity index is 335. The Hall–Kier alpha value is -0.870. The maximum atomic E-state index is 11.7. The molecule has 0 saturated heterocycles. The molecule has 4 heteroatoms. The predicted molar refractivity (Wildman–Crippen MR) is 73.2 cm³/mol. The summed E-state index contributed by atoms with van der Waals surface area (Å²) < 4.78 is 0. The number of carbonyl (C=O) groups excluding carboxylic acids is 1. The molecule has 1 unspecified atom stereocenters. The Balaban J connectivity index is 2.29. The molecule has 3 nitrogen and oxygen atoms in total. The molecule has 0 aliphatic carbocycles. The fraction of sp³-hybridized carbons (Fsp3) is 0.615. The van der Waals surface area contributed by atoms with E-state index in [-0.39, 0.29) is 18.0 Å². The van der Waals surface area contributed by atoms with Crippen LogP contribution in [-0.2, 0) is 4.79 Å². The number of nitrogens with one attached hydrogen (secondary N) is 2. The number of hydrogen-bond acceptors (Lipinski definition) is 3. The molecule has 2 atom stereocenters. The van der Waals surface area contributed by atoms with Gasteiger partial charge in [-0.1, -0.05) is 19.9 Å². The Labute approximate surface area is 108 Å². The molecule has 1 aromatic rings. The van der Waals surface area contributed by atoms with Crippen molar-refractivity contribution in [3.05, 3.63) is 22.4 Å². The minimum absolute atomic E-state index is 0.0645. The van der Waals surface area contributed by atoms with Crippen LogP contribution in [0, 0.1) is 5.92 Å². The van der Waals surface area contributed by atoms with Gasteiger partial charge in [0.1, 0.15) is 0 Å². The third-order valence-electron chi connectivity index (χ3n) is 2.93. The highest BCUT2D eigenvalue weighted by Gasteiger charge is 2.12. The molecule has 0 bridgehead atoms. The van der Waals surface area contributed by atoms with Gasteiger partial charge in [0.25, 0.3) is 0 Å². The molecule has 0 aliphatic rings. The highest BCUT2D eigenvalue weighted by atomic mass is 32.1. The zero-order valence-corrected chi connectivity index (χ0v) is 11.8. The van der Waals surface area contributed by atoms with Gasteiger partial charge in [-0.15, -0.1) is 11.3 Å². The molecule has 1 amide bonds. The summed E-state index contributed by atoms with van der Waals surface area (Å²) in [7, 11) is 0. The van der Waals surface area contributed by atoms with Crippen molar-refractivity contribution in [1.29, 1.82) is 0 Å². The quantitative estimate of drug-likeness (QED) is 0.819. The number of hydrogen-bond donors (Lipinski definition) is 2. The van der Waals surface area contributed by atoms with Gasteiger partial charge in [-0.2, -0.15) is 0 Å². The summed E-state index contributed by atoms with van der Waals surface area (Å²) in [6.07, 6.45) is 0. The van der Waals surface area contributed by atoms with Crippen molar-refractivity contribution in [2.45, 2.75) is 39.8 Å². The first-order valence-electron chi connectivity index (χ1n) is 6.07. The smallest absolute Gasteiger partial charge is 0.234 e. The Morgan fingerprint density at radius 2 is 2.06 bits per heavy atom. The maximum absolute atomic E-state index is 11.7. The highest BCUT2D eigenvalue weighted by Crippen LogP contribution is 2.17. The zero-order chi connectivity index (χ0) is 12.8. The van der Waals surface area contributed by atoms with E-state index in [1.54, 1.807) is 11.3 Å². The van der Waals surface area contributed by atoms with Crippen LogP contribution in [-0.4, -0.2) is 18.5 Å². The normalized spacial score (nSPS) is 14.6. The van der Waals surface area contributed by atoms with Crippen LogP contribution < -0.4 is 10.6 Å². The van der Waals surface area contributed by atoms with Crippen molar-refractivity contribution >= 4 is 17.2 Å². The molecular formula is C13H22N2OS. The van der Waals surface area contributed by atoms with Gasteiger partial charge in [-0.25, -0.2) is 0 Å². The van der Waals surface area contributed by atoms with Crippen LogP contribution >= 0.6 is 11.3 Å². The molecule has 0 saturated carbocycles. The van der Waals surface area contributed by atoms with Crippen LogP contribution in [0.3, 0.4) is 0 Å². The lowest BCUT2D eigenvalue weighted by Gasteiger charge is -2.18. The highest BCUT2D eigenvalue weighted by molar-refractivity contribution is 7.10. The monoisotopic (exact) mass is 254 g/mol. The van der Waals surface area contributed by atoms with Crippen molar-refractivity contribution in [2.24, 2.45) is 5.92 Å². The van der Waals surface area contributed by atoms with Crippen molar-refractivity contribution in [3.63, 3.8) is 0 Å². The lowest BCUT2D eigenvalue weighted by Crippen LogP contribution is -2.41. The summed E-state index contributed by atoms with van der Waals surface area (Å²) in [5.41, 5.74) is 0. The standard InChI is InChI=1S/C13H22N2OS/c1-9(2)10(3)15-13(16)8-14-11(4)12-6-5-7-17-12/h5-7,9-11,14H,8H2,1-4H3,(H,15,16)/t10?,11-/m0/s1. The zero-order valence-electron chi connectivity index (χ0n) is 11.0. The van der Waals surface area contributed by atoms with Gasteiger partial charge >= 0.3 is 0 Å². The summed E-state index contributed by atoms with van der Waals surface area (Å²) in [5.74, 6) is 0.531. The van der Waals surface area contributed by atoms with E-state index in [2.05, 4.69) is 42.9 Å². The molecule has 0 radical (unpaired) electrons. The Morgan fingerprint density at radius 3 is 2.59 bits per heavy atom. The van der Waals surface area contributed by atoms with Gasteiger partial charge in [0.05, 0.1) is 6.54 Å². The minimum atomic E-state index is 0.0645. The van der Waals surface area contributed by atoms with Crippen LogP contribution in [0.2, 0.25) is 0 Å². The number of thiophene rings is 1. The Kier molecular flexibility index (Phi) is 5.65. The van der Waals surface area contributed by atoms with Gasteiger partial charge in [0.15, 0.2) is 0 Å². The second-order valence-corrected chi connectivity index (χ2v) is 5.70. The summed E-state index contributed by atoms with van der Waals surface area (Å²) in [4.78, 5) is 12.9. The number of amides is 1. The summed E-state index contributed by atoms with van der Waals surface area (Å²) in [6, 6.07) is 4.56. The molecule has 0 spiro atoms. The average molecular weight is 254 g/mol. The first kappa shape index (κ1) is 14.2. The van der Waals surface area contributed by atoms with E-state index in [0.717, 1.165) is 0 Å². The van der Waals surface area contributed by atoms with Gasteiger partial charge in [-0.3, -0.25) is 4.79 Å². The molecule has 0 fully saturated rings. The average Bonchev–Trinajstić information content (AvgIpc) is 2.79. The lowest BCUT2D eigenvalue weighted by molar-refractivity contribution is -0.121. The molecule has 0 aliphatic heterocycles. The third kappa shape index (κ3) is 4.88. The fourth-order valence-electron chi connectivity index (χ4n) is 1.36. The maximum Gasteiger partial charge on any atom is 0.234 e. The lowest BCUT2D eigenvalue weighted by atomic mass is 10.1. The first-order valence-corrected chi connectivity index (χ1v) is 6.94. The molecule has 1 aromatic heterocycles. The van der Waals surface area contributed by atoms with Crippen molar-refractivity contribution in [2.75, 3.05) is 6.54 Å². The SMILES string of the molecule is CC(C)C(C)NC(=O)CN[C@@H](C)c1cccs1. The van der Waals surface area contributed by atoms with E-state index in [9.17, 15) is 4.79 Å². The largest absolute Gasteiger partial charge is 0.352 e. The first-order chi connectivity index (χ1) is 8.00. The molecule has 1 heterocycles.